The molecule has 220 valence electrons. The van der Waals surface area contributed by atoms with Crippen LogP contribution in [0.4, 0.5) is 30.2 Å². The zero-order valence-electron chi connectivity index (χ0n) is 22.0. The van der Waals surface area contributed by atoms with Crippen molar-refractivity contribution in [3.8, 4) is 0 Å². The first kappa shape index (κ1) is 30.9. The molecule has 0 aromatic heterocycles. The van der Waals surface area contributed by atoms with Crippen molar-refractivity contribution in [2.24, 2.45) is 0 Å². The van der Waals surface area contributed by atoms with Crippen LogP contribution in [0.25, 0.3) is 0 Å². The Kier molecular flexibility index (Phi) is 8.58. The molecule has 4 aromatic carbocycles. The van der Waals surface area contributed by atoms with Gasteiger partial charge in [-0.25, -0.2) is 16.8 Å². The average Bonchev–Trinajstić information content (AvgIpc) is 2.90. The lowest BCUT2D eigenvalue weighted by Gasteiger charge is -2.14. The Balaban J connectivity index is 1.50. The SMILES string of the molecule is Cc1ccc(C)c(NS(=O)(=O)c2cc(C(=O)Nc3ccc(S(=O)(=O)Nc4cccc(C(F)(F)F)c4)cc3)ccc2Cl)c1. The summed E-state index contributed by atoms with van der Waals surface area (Å²) in [6, 6.07) is 17.6. The number of halogens is 4. The number of alkyl halides is 3. The Morgan fingerprint density at radius 1 is 0.762 bits per heavy atom. The Hall–Kier alpha value is -4.07. The maximum Gasteiger partial charge on any atom is 0.416 e. The molecule has 0 radical (unpaired) electrons. The molecule has 0 unspecified atom stereocenters. The normalized spacial score (nSPS) is 12.0. The summed E-state index contributed by atoms with van der Waals surface area (Å²) >= 11 is 6.16. The third-order valence-corrected chi connectivity index (χ3v) is 9.23. The molecule has 8 nitrogen and oxygen atoms in total. The van der Waals surface area contributed by atoms with E-state index in [9.17, 15) is 34.8 Å². The van der Waals surface area contributed by atoms with E-state index >= 15 is 0 Å². The molecule has 0 spiro atoms. The van der Waals surface area contributed by atoms with Crippen LogP contribution in [0.5, 0.6) is 0 Å². The van der Waals surface area contributed by atoms with E-state index in [-0.39, 0.29) is 31.8 Å². The molecule has 0 heterocycles. The average molecular weight is 638 g/mol. The van der Waals surface area contributed by atoms with Gasteiger partial charge in [0.15, 0.2) is 0 Å². The maximum atomic E-state index is 13.1. The van der Waals surface area contributed by atoms with Crippen LogP contribution in [-0.4, -0.2) is 22.7 Å². The number of carbonyl (C=O) groups excluding carboxylic acids is 1. The molecule has 0 saturated heterocycles. The molecule has 4 rings (SSSR count). The molecular weight excluding hydrogens is 615 g/mol. The molecule has 0 atom stereocenters. The second kappa shape index (κ2) is 11.7. The van der Waals surface area contributed by atoms with Crippen molar-refractivity contribution < 1.29 is 34.8 Å². The summed E-state index contributed by atoms with van der Waals surface area (Å²) in [4.78, 5) is 12.3. The standard InChI is InChI=1S/C28H23ClF3N3O5S2/c1-17-6-7-18(2)25(14-17)35-42(39,40)26-15-19(8-13-24(26)29)27(36)33-21-9-11-23(12-10-21)41(37,38)34-22-5-3-4-20(16-22)28(30,31)32/h3-16,34-35H,1-2H3,(H,33,36). The Labute approximate surface area is 245 Å². The highest BCUT2D eigenvalue weighted by Crippen LogP contribution is 2.31. The number of benzene rings is 4. The number of rotatable bonds is 8. The van der Waals surface area contributed by atoms with Crippen LogP contribution in [0.15, 0.2) is 94.7 Å². The summed E-state index contributed by atoms with van der Waals surface area (Å²) < 4.78 is 95.1. The Morgan fingerprint density at radius 2 is 1.45 bits per heavy atom. The van der Waals surface area contributed by atoms with E-state index in [4.69, 9.17) is 11.6 Å². The summed E-state index contributed by atoms with van der Waals surface area (Å²) in [5.41, 5.74) is 0.725. The largest absolute Gasteiger partial charge is 0.416 e. The van der Waals surface area contributed by atoms with Crippen LogP contribution in [0, 0.1) is 13.8 Å². The number of carbonyl (C=O) groups is 1. The van der Waals surface area contributed by atoms with Gasteiger partial charge >= 0.3 is 6.18 Å². The third-order valence-electron chi connectivity index (χ3n) is 5.98. The molecule has 0 aliphatic rings. The van der Waals surface area contributed by atoms with E-state index in [1.54, 1.807) is 19.1 Å². The highest BCUT2D eigenvalue weighted by atomic mass is 35.5. The summed E-state index contributed by atoms with van der Waals surface area (Å²) in [6.07, 6.45) is -4.65. The Morgan fingerprint density at radius 3 is 2.12 bits per heavy atom. The van der Waals surface area contributed by atoms with Crippen molar-refractivity contribution in [2.75, 3.05) is 14.8 Å². The zero-order valence-corrected chi connectivity index (χ0v) is 24.3. The summed E-state index contributed by atoms with van der Waals surface area (Å²) in [5, 5.41) is 2.43. The smallest absolute Gasteiger partial charge is 0.322 e. The van der Waals surface area contributed by atoms with Gasteiger partial charge in [0, 0.05) is 16.9 Å². The lowest BCUT2D eigenvalue weighted by Crippen LogP contribution is -2.17. The maximum absolute atomic E-state index is 13.1. The predicted molar refractivity (Wildman–Crippen MR) is 155 cm³/mol. The number of hydrogen-bond acceptors (Lipinski definition) is 5. The molecule has 42 heavy (non-hydrogen) atoms. The zero-order chi connectivity index (χ0) is 30.9. The first-order valence-electron chi connectivity index (χ1n) is 12.1. The lowest BCUT2D eigenvalue weighted by molar-refractivity contribution is -0.137. The van der Waals surface area contributed by atoms with Crippen molar-refractivity contribution >= 4 is 54.6 Å². The van der Waals surface area contributed by atoms with Crippen molar-refractivity contribution in [3.63, 3.8) is 0 Å². The number of aryl methyl sites for hydroxylation is 2. The van der Waals surface area contributed by atoms with Crippen molar-refractivity contribution in [3.05, 3.63) is 112 Å². The van der Waals surface area contributed by atoms with Gasteiger partial charge in [-0.15, -0.1) is 0 Å². The van der Waals surface area contributed by atoms with Crippen molar-refractivity contribution in [1.82, 2.24) is 0 Å². The number of sulfonamides is 2. The van der Waals surface area contributed by atoms with Crippen LogP contribution in [0.1, 0.15) is 27.0 Å². The van der Waals surface area contributed by atoms with Gasteiger partial charge < -0.3 is 5.32 Å². The van der Waals surface area contributed by atoms with Gasteiger partial charge in [0.05, 0.1) is 21.2 Å². The van der Waals surface area contributed by atoms with Crippen LogP contribution in [0.2, 0.25) is 5.02 Å². The lowest BCUT2D eigenvalue weighted by atomic mass is 10.1. The number of hydrogen-bond donors (Lipinski definition) is 3. The minimum atomic E-state index is -4.65. The minimum absolute atomic E-state index is 0.0383. The quantitative estimate of drug-likeness (QED) is 0.196. The molecule has 0 saturated carbocycles. The molecule has 14 heteroatoms. The predicted octanol–water partition coefficient (Wildman–Crippen LogP) is 6.83. The van der Waals surface area contributed by atoms with Gasteiger partial charge in [0.2, 0.25) is 0 Å². The van der Waals surface area contributed by atoms with Gasteiger partial charge in [0.1, 0.15) is 4.90 Å². The fraction of sp³-hybridized carbons (Fsp3) is 0.107. The number of anilines is 3. The molecule has 0 fully saturated rings. The first-order chi connectivity index (χ1) is 19.5. The molecule has 3 N–H and O–H groups in total. The third kappa shape index (κ3) is 7.22. The van der Waals surface area contributed by atoms with Crippen LogP contribution >= 0.6 is 11.6 Å². The first-order valence-corrected chi connectivity index (χ1v) is 15.4. The second-order valence-corrected chi connectivity index (χ2v) is 13.0. The van der Waals surface area contributed by atoms with Gasteiger partial charge in [-0.2, -0.15) is 13.2 Å². The molecule has 4 aromatic rings. The van der Waals surface area contributed by atoms with Gasteiger partial charge in [-0.05, 0) is 91.7 Å². The topological polar surface area (TPSA) is 121 Å². The molecule has 0 aliphatic carbocycles. The van der Waals surface area contributed by atoms with E-state index < -0.39 is 37.7 Å². The van der Waals surface area contributed by atoms with Crippen molar-refractivity contribution in [2.45, 2.75) is 29.8 Å². The van der Waals surface area contributed by atoms with Crippen molar-refractivity contribution in [1.29, 1.82) is 0 Å². The molecule has 1 amide bonds. The molecular formula is C28H23ClF3N3O5S2. The number of nitrogens with one attached hydrogen (secondary N) is 3. The van der Waals surface area contributed by atoms with E-state index in [0.717, 1.165) is 35.9 Å². The van der Waals surface area contributed by atoms with E-state index in [1.165, 1.54) is 30.3 Å². The van der Waals surface area contributed by atoms with E-state index in [0.29, 0.717) is 17.3 Å². The highest BCUT2D eigenvalue weighted by molar-refractivity contribution is 7.93. The van der Waals surface area contributed by atoms with Gasteiger partial charge in [-0.1, -0.05) is 29.8 Å². The summed E-state index contributed by atoms with van der Waals surface area (Å²) in [6.45, 7) is 3.55. The van der Waals surface area contributed by atoms with E-state index in [1.807, 2.05) is 13.0 Å². The van der Waals surface area contributed by atoms with Crippen LogP contribution in [0.3, 0.4) is 0 Å². The molecule has 0 aliphatic heterocycles. The fourth-order valence-corrected chi connectivity index (χ4v) is 6.49. The summed E-state index contributed by atoms with van der Waals surface area (Å²) in [5.74, 6) is -0.701. The van der Waals surface area contributed by atoms with Crippen LogP contribution in [-0.2, 0) is 26.2 Å². The minimum Gasteiger partial charge on any atom is -0.322 e. The van der Waals surface area contributed by atoms with E-state index in [2.05, 4.69) is 14.8 Å². The molecule has 0 bridgehead atoms. The van der Waals surface area contributed by atoms with Gasteiger partial charge in [-0.3, -0.25) is 14.2 Å². The summed E-state index contributed by atoms with van der Waals surface area (Å²) in [7, 11) is -8.42. The monoisotopic (exact) mass is 637 g/mol. The van der Waals surface area contributed by atoms with Gasteiger partial charge in [0.25, 0.3) is 26.0 Å². The highest BCUT2D eigenvalue weighted by Gasteiger charge is 2.31. The Bertz CT molecular complexity index is 1880. The second-order valence-electron chi connectivity index (χ2n) is 9.23. The van der Waals surface area contributed by atoms with Crippen LogP contribution < -0.4 is 14.8 Å². The number of amides is 1. The fourth-order valence-electron chi connectivity index (χ4n) is 3.79.